The maximum atomic E-state index is 8.63. The summed E-state index contributed by atoms with van der Waals surface area (Å²) in [6, 6.07) is 2.22. The third-order valence-corrected chi connectivity index (χ3v) is 2.03. The number of nitrogens with zero attached hydrogens (tertiary/aromatic N) is 1. The lowest BCUT2D eigenvalue weighted by molar-refractivity contribution is 0.357. The van der Waals surface area contributed by atoms with Crippen molar-refractivity contribution >= 4 is 0 Å². The van der Waals surface area contributed by atoms with E-state index in [9.17, 15) is 0 Å². The number of rotatable bonds is 3. The summed E-state index contributed by atoms with van der Waals surface area (Å²) in [6.45, 7) is 6.35. The molecule has 0 aromatic carbocycles. The van der Waals surface area contributed by atoms with Crippen molar-refractivity contribution in [1.29, 1.82) is 5.26 Å². The Bertz CT molecular complexity index is 124. The summed E-state index contributed by atoms with van der Waals surface area (Å²) >= 11 is 0. The van der Waals surface area contributed by atoms with Gasteiger partial charge in [0.2, 0.25) is 0 Å². The van der Waals surface area contributed by atoms with E-state index in [0.717, 1.165) is 0 Å². The van der Waals surface area contributed by atoms with Gasteiger partial charge in [-0.2, -0.15) is 5.26 Å². The first-order valence-electron chi connectivity index (χ1n) is 3.70. The molecule has 2 nitrogen and oxygen atoms in total. The first-order valence-corrected chi connectivity index (χ1v) is 3.70. The minimum absolute atomic E-state index is 0.000000000000000444. The monoisotopic (exact) mass is 140 g/mol. The molecule has 0 rings (SSSR count). The van der Waals surface area contributed by atoms with Gasteiger partial charge in [0.1, 0.15) is 0 Å². The second-order valence-electron chi connectivity index (χ2n) is 3.00. The molecule has 0 heterocycles. The van der Waals surface area contributed by atoms with Gasteiger partial charge < -0.3 is 5.32 Å². The Morgan fingerprint density at radius 2 is 1.80 bits per heavy atom. The zero-order valence-electron chi connectivity index (χ0n) is 7.18. The van der Waals surface area contributed by atoms with Crippen LogP contribution >= 0.6 is 0 Å². The molecule has 0 aliphatic heterocycles. The number of hydrogen-bond donors (Lipinski definition) is 1. The molecule has 2 atom stereocenters. The Morgan fingerprint density at radius 3 is 1.90 bits per heavy atom. The molecule has 0 saturated carbocycles. The highest BCUT2D eigenvalue weighted by Gasteiger charge is 2.16. The van der Waals surface area contributed by atoms with Gasteiger partial charge >= 0.3 is 0 Å². The molecule has 58 valence electrons. The van der Waals surface area contributed by atoms with Crippen molar-refractivity contribution < 1.29 is 0 Å². The Kier molecular flexibility index (Phi) is 4.06. The highest BCUT2D eigenvalue weighted by Crippen LogP contribution is 2.13. The fraction of sp³-hybridized carbons (Fsp3) is 0.875. The van der Waals surface area contributed by atoms with E-state index < -0.39 is 0 Å². The number of hydrogen-bond acceptors (Lipinski definition) is 2. The first kappa shape index (κ1) is 9.45. The van der Waals surface area contributed by atoms with E-state index in [0.29, 0.717) is 11.8 Å². The third kappa shape index (κ3) is 2.36. The van der Waals surface area contributed by atoms with Gasteiger partial charge in [0.25, 0.3) is 0 Å². The van der Waals surface area contributed by atoms with Crippen molar-refractivity contribution in [2.75, 3.05) is 7.05 Å². The summed E-state index contributed by atoms with van der Waals surface area (Å²) in [7, 11) is 1.83. The molecule has 0 saturated heterocycles. The van der Waals surface area contributed by atoms with E-state index >= 15 is 0 Å². The van der Waals surface area contributed by atoms with Gasteiger partial charge in [0, 0.05) is 0 Å². The molecule has 0 aromatic rings. The minimum atomic E-state index is -0.000000000000000444. The summed E-state index contributed by atoms with van der Waals surface area (Å²) < 4.78 is 0. The molecule has 2 heteroatoms. The molecule has 0 spiro atoms. The molecule has 0 amide bonds. The van der Waals surface area contributed by atoms with E-state index in [1.165, 1.54) is 0 Å². The van der Waals surface area contributed by atoms with Crippen LogP contribution in [0.3, 0.4) is 0 Å². The molecule has 0 aromatic heterocycles. The summed E-state index contributed by atoms with van der Waals surface area (Å²) in [5, 5.41) is 11.6. The molecule has 0 aliphatic carbocycles. The largest absolute Gasteiger partial charge is 0.305 e. The maximum absolute atomic E-state index is 8.63. The van der Waals surface area contributed by atoms with Crippen LogP contribution < -0.4 is 5.32 Å². The van der Waals surface area contributed by atoms with Gasteiger partial charge in [-0.25, -0.2) is 0 Å². The molecule has 2 unspecified atom stereocenters. The van der Waals surface area contributed by atoms with Crippen LogP contribution in [0.25, 0.3) is 0 Å². The number of nitrogens with one attached hydrogen (secondary N) is 1. The fourth-order valence-electron chi connectivity index (χ4n) is 0.830. The lowest BCUT2D eigenvalue weighted by atomic mass is 9.91. The van der Waals surface area contributed by atoms with Gasteiger partial charge in [-0.15, -0.1) is 0 Å². The summed E-state index contributed by atoms with van der Waals surface area (Å²) in [6.07, 6.45) is 0. The normalized spacial score (nSPS) is 16.4. The SMILES string of the molecule is CNC(C#N)C(C)C(C)C. The second-order valence-corrected chi connectivity index (χ2v) is 3.00. The number of nitriles is 1. The Morgan fingerprint density at radius 1 is 1.30 bits per heavy atom. The first-order chi connectivity index (χ1) is 4.63. The predicted molar refractivity (Wildman–Crippen MR) is 42.5 cm³/mol. The quantitative estimate of drug-likeness (QED) is 0.643. The lowest BCUT2D eigenvalue weighted by Gasteiger charge is -2.19. The summed E-state index contributed by atoms with van der Waals surface area (Å²) in [5.74, 6) is 0.993. The van der Waals surface area contributed by atoms with Crippen LogP contribution in [0.15, 0.2) is 0 Å². The highest BCUT2D eigenvalue weighted by molar-refractivity contribution is 4.93. The smallest absolute Gasteiger partial charge is 0.0978 e. The van der Waals surface area contributed by atoms with Crippen molar-refractivity contribution in [3.8, 4) is 6.07 Å². The van der Waals surface area contributed by atoms with Gasteiger partial charge in [-0.1, -0.05) is 20.8 Å². The minimum Gasteiger partial charge on any atom is -0.305 e. The maximum Gasteiger partial charge on any atom is 0.0978 e. The van der Waals surface area contributed by atoms with Crippen molar-refractivity contribution in [3.63, 3.8) is 0 Å². The van der Waals surface area contributed by atoms with Crippen molar-refractivity contribution in [2.24, 2.45) is 11.8 Å². The summed E-state index contributed by atoms with van der Waals surface area (Å²) in [5.41, 5.74) is 0. The van der Waals surface area contributed by atoms with Crippen LogP contribution in [-0.2, 0) is 0 Å². The zero-order chi connectivity index (χ0) is 8.15. The average molecular weight is 140 g/mol. The Balaban J connectivity index is 3.92. The van der Waals surface area contributed by atoms with Crippen molar-refractivity contribution in [2.45, 2.75) is 26.8 Å². The van der Waals surface area contributed by atoms with Gasteiger partial charge in [0.05, 0.1) is 12.1 Å². The van der Waals surface area contributed by atoms with Crippen LogP contribution in [0.1, 0.15) is 20.8 Å². The zero-order valence-corrected chi connectivity index (χ0v) is 7.18. The van der Waals surface area contributed by atoms with Gasteiger partial charge in [0.15, 0.2) is 0 Å². The van der Waals surface area contributed by atoms with E-state index in [2.05, 4.69) is 32.2 Å². The molecule has 0 radical (unpaired) electrons. The Labute approximate surface area is 63.2 Å². The molecule has 0 aliphatic rings. The highest BCUT2D eigenvalue weighted by atomic mass is 14.9. The second kappa shape index (κ2) is 4.29. The van der Waals surface area contributed by atoms with E-state index in [1.807, 2.05) is 7.05 Å². The molecular formula is C8H16N2. The topological polar surface area (TPSA) is 35.8 Å². The van der Waals surface area contributed by atoms with Crippen LogP contribution in [-0.4, -0.2) is 13.1 Å². The molecular weight excluding hydrogens is 124 g/mol. The summed E-state index contributed by atoms with van der Waals surface area (Å²) in [4.78, 5) is 0. The van der Waals surface area contributed by atoms with E-state index in [-0.39, 0.29) is 6.04 Å². The average Bonchev–Trinajstić information content (AvgIpc) is 1.90. The van der Waals surface area contributed by atoms with Crippen LogP contribution in [0, 0.1) is 23.2 Å². The van der Waals surface area contributed by atoms with Crippen LogP contribution in [0.2, 0.25) is 0 Å². The van der Waals surface area contributed by atoms with Crippen molar-refractivity contribution in [3.05, 3.63) is 0 Å². The molecule has 0 fully saturated rings. The van der Waals surface area contributed by atoms with Crippen molar-refractivity contribution in [1.82, 2.24) is 5.32 Å². The molecule has 1 N–H and O–H groups in total. The molecule has 10 heavy (non-hydrogen) atoms. The van der Waals surface area contributed by atoms with Crippen LogP contribution in [0.5, 0.6) is 0 Å². The standard InChI is InChI=1S/C8H16N2/c1-6(2)7(3)8(5-9)10-4/h6-8,10H,1-4H3. The van der Waals surface area contributed by atoms with E-state index in [1.54, 1.807) is 0 Å². The van der Waals surface area contributed by atoms with Gasteiger partial charge in [-0.05, 0) is 18.9 Å². The molecule has 0 bridgehead atoms. The van der Waals surface area contributed by atoms with Gasteiger partial charge in [-0.3, -0.25) is 0 Å². The third-order valence-electron chi connectivity index (χ3n) is 2.03. The predicted octanol–water partition coefficient (Wildman–Crippen LogP) is 1.39. The van der Waals surface area contributed by atoms with Crippen LogP contribution in [0.4, 0.5) is 0 Å². The lowest BCUT2D eigenvalue weighted by Crippen LogP contribution is -2.33. The Hall–Kier alpha value is -0.550. The van der Waals surface area contributed by atoms with E-state index in [4.69, 9.17) is 5.26 Å². The fourth-order valence-corrected chi connectivity index (χ4v) is 0.830.